The number of amides is 2. The Bertz CT molecular complexity index is 1120. The number of rotatable bonds is 9. The molecule has 4 rings (SSSR count). The molecule has 0 radical (unpaired) electrons. The molecule has 0 saturated carbocycles. The van der Waals surface area contributed by atoms with E-state index in [1.54, 1.807) is 0 Å². The minimum atomic E-state index is -0.953. The van der Waals surface area contributed by atoms with Crippen LogP contribution in [-0.2, 0) is 16.1 Å². The number of piperazine rings is 1. The Morgan fingerprint density at radius 1 is 1.07 bits per heavy atom. The number of halogens is 1. The normalized spacial score (nSPS) is 17.8. The lowest BCUT2D eigenvalue weighted by molar-refractivity contribution is -0.146. The van der Waals surface area contributed by atoms with Crippen LogP contribution in [0.3, 0.4) is 0 Å². The number of ether oxygens (including phenoxy) is 1. The molecule has 1 N–H and O–H groups in total. The van der Waals surface area contributed by atoms with E-state index in [4.69, 9.17) is 4.74 Å². The second kappa shape index (κ2) is 14.2. The van der Waals surface area contributed by atoms with Crippen molar-refractivity contribution in [2.24, 2.45) is 5.92 Å². The predicted molar refractivity (Wildman–Crippen MR) is 164 cm³/mol. The number of carbonyl (C=O) groups is 2. The van der Waals surface area contributed by atoms with Crippen LogP contribution >= 0.6 is 12.4 Å². The van der Waals surface area contributed by atoms with Crippen molar-refractivity contribution in [3.8, 4) is 5.75 Å². The van der Waals surface area contributed by atoms with Crippen molar-refractivity contribution in [1.29, 1.82) is 0 Å². The highest BCUT2D eigenvalue weighted by molar-refractivity contribution is 5.85. The smallest absolute Gasteiger partial charge is 0.266 e. The lowest BCUT2D eigenvalue weighted by atomic mass is 9.95. The monoisotopic (exact) mass is 570 g/mol. The molecule has 2 aromatic carbocycles. The van der Waals surface area contributed by atoms with Crippen LogP contribution in [-0.4, -0.2) is 73.0 Å². The molecule has 0 spiro atoms. The van der Waals surface area contributed by atoms with E-state index >= 15 is 0 Å². The minimum absolute atomic E-state index is 0. The lowest BCUT2D eigenvalue weighted by Gasteiger charge is -2.37. The molecule has 2 saturated heterocycles. The summed E-state index contributed by atoms with van der Waals surface area (Å²) in [5, 5.41) is 3.29. The number of anilines is 1. The number of piperidine rings is 1. The van der Waals surface area contributed by atoms with Crippen LogP contribution in [0, 0.1) is 5.92 Å². The van der Waals surface area contributed by atoms with Crippen molar-refractivity contribution in [2.75, 3.05) is 50.7 Å². The predicted octanol–water partition coefficient (Wildman–Crippen LogP) is 5.09. The van der Waals surface area contributed by atoms with Gasteiger partial charge in [0.15, 0.2) is 5.60 Å². The third kappa shape index (κ3) is 7.91. The van der Waals surface area contributed by atoms with Crippen molar-refractivity contribution >= 4 is 29.9 Å². The van der Waals surface area contributed by atoms with Crippen molar-refractivity contribution < 1.29 is 14.3 Å². The molecule has 2 aliphatic rings. The van der Waals surface area contributed by atoms with Crippen LogP contribution in [0.2, 0.25) is 0 Å². The molecular formula is C32H47ClN4O3. The Kier molecular flexibility index (Phi) is 11.3. The number of hydrogen-bond donors (Lipinski definition) is 1. The third-order valence-electron chi connectivity index (χ3n) is 7.96. The average Bonchev–Trinajstić information content (AvgIpc) is 2.95. The van der Waals surface area contributed by atoms with E-state index in [0.717, 1.165) is 38.2 Å². The zero-order chi connectivity index (χ0) is 28.0. The Balaban J connectivity index is 0.00000441. The number of benzene rings is 2. The lowest BCUT2D eigenvalue weighted by Crippen LogP contribution is -2.54. The largest absolute Gasteiger partial charge is 0.478 e. The first-order chi connectivity index (χ1) is 18.7. The van der Waals surface area contributed by atoms with Gasteiger partial charge in [-0.3, -0.25) is 9.59 Å². The second-order valence-corrected chi connectivity index (χ2v) is 11.7. The van der Waals surface area contributed by atoms with Gasteiger partial charge in [-0.2, -0.15) is 0 Å². The van der Waals surface area contributed by atoms with Gasteiger partial charge in [0.2, 0.25) is 5.91 Å². The molecular weight excluding hydrogens is 524 g/mol. The molecule has 8 heteroatoms. The zero-order valence-corrected chi connectivity index (χ0v) is 25.6. The minimum Gasteiger partial charge on any atom is -0.478 e. The Morgan fingerprint density at radius 2 is 1.77 bits per heavy atom. The average molecular weight is 571 g/mol. The fraction of sp³-hybridized carbons (Fsp3) is 0.562. The van der Waals surface area contributed by atoms with Crippen LogP contribution < -0.4 is 15.0 Å². The van der Waals surface area contributed by atoms with Crippen LogP contribution in [0.1, 0.15) is 64.5 Å². The van der Waals surface area contributed by atoms with Gasteiger partial charge in [-0.1, -0.05) is 44.2 Å². The number of hydrogen-bond acceptors (Lipinski definition) is 5. The SMILES string of the molecule is CCN(Cc1ccc(C(C)C)cc1)C(=O)[C@@H]1CCCN(c2cccc(OC(C)(C)C(=O)N3CCNCC3)c2)C1.Cl. The number of nitrogens with zero attached hydrogens (tertiary/aromatic N) is 3. The fourth-order valence-electron chi connectivity index (χ4n) is 5.58. The van der Waals surface area contributed by atoms with Gasteiger partial charge >= 0.3 is 0 Å². The van der Waals surface area contributed by atoms with Crippen molar-refractivity contribution in [3.05, 3.63) is 59.7 Å². The molecule has 0 unspecified atom stereocenters. The summed E-state index contributed by atoms with van der Waals surface area (Å²) in [5.41, 5.74) is 2.57. The van der Waals surface area contributed by atoms with Gasteiger partial charge in [-0.15, -0.1) is 12.4 Å². The van der Waals surface area contributed by atoms with Crippen LogP contribution in [0.5, 0.6) is 5.75 Å². The van der Waals surface area contributed by atoms with Gasteiger partial charge in [-0.25, -0.2) is 0 Å². The van der Waals surface area contributed by atoms with Crippen molar-refractivity contribution in [1.82, 2.24) is 15.1 Å². The molecule has 0 aromatic heterocycles. The molecule has 2 aliphatic heterocycles. The first-order valence-electron chi connectivity index (χ1n) is 14.6. The fourth-order valence-corrected chi connectivity index (χ4v) is 5.58. The highest BCUT2D eigenvalue weighted by Gasteiger charge is 2.35. The summed E-state index contributed by atoms with van der Waals surface area (Å²) >= 11 is 0. The van der Waals surface area contributed by atoms with Gasteiger partial charge in [0.05, 0.1) is 5.92 Å². The second-order valence-electron chi connectivity index (χ2n) is 11.7. The van der Waals surface area contributed by atoms with Crippen LogP contribution in [0.4, 0.5) is 5.69 Å². The maximum Gasteiger partial charge on any atom is 0.266 e. The summed E-state index contributed by atoms with van der Waals surface area (Å²) in [6, 6.07) is 16.6. The highest BCUT2D eigenvalue weighted by Crippen LogP contribution is 2.30. The Morgan fingerprint density at radius 3 is 2.42 bits per heavy atom. The highest BCUT2D eigenvalue weighted by atomic mass is 35.5. The van der Waals surface area contributed by atoms with E-state index in [9.17, 15) is 9.59 Å². The summed E-state index contributed by atoms with van der Waals surface area (Å²) in [7, 11) is 0. The first kappa shape index (κ1) is 31.8. The molecule has 40 heavy (non-hydrogen) atoms. The Hall–Kier alpha value is -2.77. The van der Waals surface area contributed by atoms with E-state index in [0.29, 0.717) is 44.4 Å². The standard InChI is InChI=1S/C32H46N4O3.ClH/c1-6-34(22-25-12-14-26(15-13-25)24(2)3)30(37)27-9-8-18-36(23-27)28-10-7-11-29(21-28)39-32(4,5)31(38)35-19-16-33-17-20-35;/h7,10-15,21,24,27,33H,6,8-9,16-20,22-23H2,1-5H3;1H/t27-;/m1./s1. The van der Waals surface area contributed by atoms with Crippen LogP contribution in [0.15, 0.2) is 48.5 Å². The van der Waals surface area contributed by atoms with Gasteiger partial charge in [-0.05, 0) is 62.8 Å². The maximum absolute atomic E-state index is 13.6. The quantitative estimate of drug-likeness (QED) is 0.455. The summed E-state index contributed by atoms with van der Waals surface area (Å²) in [6.07, 6.45) is 1.87. The molecule has 7 nitrogen and oxygen atoms in total. The van der Waals surface area contributed by atoms with E-state index in [1.807, 2.05) is 41.8 Å². The maximum atomic E-state index is 13.6. The number of nitrogens with one attached hydrogen (secondary N) is 1. The summed E-state index contributed by atoms with van der Waals surface area (Å²) in [4.78, 5) is 32.9. The number of carbonyl (C=O) groups excluding carboxylic acids is 2. The third-order valence-corrected chi connectivity index (χ3v) is 7.96. The summed E-state index contributed by atoms with van der Waals surface area (Å²) in [6.45, 7) is 16.1. The van der Waals surface area contributed by atoms with Crippen molar-refractivity contribution in [3.63, 3.8) is 0 Å². The molecule has 0 aliphatic carbocycles. The van der Waals surface area contributed by atoms with E-state index in [2.05, 4.69) is 61.3 Å². The van der Waals surface area contributed by atoms with Crippen LogP contribution in [0.25, 0.3) is 0 Å². The van der Waals surface area contributed by atoms with Gasteiger partial charge in [0.25, 0.3) is 5.91 Å². The molecule has 220 valence electrons. The molecule has 0 bridgehead atoms. The molecule has 2 amide bonds. The van der Waals surface area contributed by atoms with Gasteiger partial charge in [0, 0.05) is 64.1 Å². The van der Waals surface area contributed by atoms with E-state index in [1.165, 1.54) is 11.1 Å². The van der Waals surface area contributed by atoms with Gasteiger partial charge < -0.3 is 24.8 Å². The Labute approximate surface area is 246 Å². The first-order valence-corrected chi connectivity index (χ1v) is 14.6. The zero-order valence-electron chi connectivity index (χ0n) is 24.8. The molecule has 2 aromatic rings. The van der Waals surface area contributed by atoms with E-state index in [-0.39, 0.29) is 30.1 Å². The van der Waals surface area contributed by atoms with Crippen molar-refractivity contribution in [2.45, 2.75) is 65.5 Å². The molecule has 2 heterocycles. The molecule has 2 fully saturated rings. The van der Waals surface area contributed by atoms with Gasteiger partial charge in [0.1, 0.15) is 5.75 Å². The topological polar surface area (TPSA) is 65.1 Å². The summed E-state index contributed by atoms with van der Waals surface area (Å²) in [5.74, 6) is 1.37. The summed E-state index contributed by atoms with van der Waals surface area (Å²) < 4.78 is 6.25. The molecule has 1 atom stereocenters. The van der Waals surface area contributed by atoms with E-state index < -0.39 is 5.60 Å².